The summed E-state index contributed by atoms with van der Waals surface area (Å²) in [6.07, 6.45) is -3.17. The zero-order chi connectivity index (χ0) is 17.3. The molecule has 0 saturated carbocycles. The molecule has 0 unspecified atom stereocenters. The van der Waals surface area contributed by atoms with E-state index in [2.05, 4.69) is 15.3 Å². The summed E-state index contributed by atoms with van der Waals surface area (Å²) in [5.74, 6) is -2.01. The molecule has 1 amide bonds. The van der Waals surface area contributed by atoms with Crippen molar-refractivity contribution in [1.82, 2.24) is 15.3 Å². The fraction of sp³-hybridized carbons (Fsp3) is 0.200. The van der Waals surface area contributed by atoms with Crippen LogP contribution in [-0.4, -0.2) is 34.3 Å². The van der Waals surface area contributed by atoms with Crippen LogP contribution in [0.2, 0.25) is 0 Å². The Hall–Kier alpha value is -2.97. The number of alkyl halides is 3. The van der Waals surface area contributed by atoms with Crippen LogP contribution in [0.4, 0.5) is 13.2 Å². The molecule has 1 aliphatic heterocycles. The minimum Gasteiger partial charge on any atom is -0.490 e. The van der Waals surface area contributed by atoms with Gasteiger partial charge in [0.2, 0.25) is 5.82 Å². The monoisotopic (exact) mass is 337 g/mol. The molecule has 0 spiro atoms. The number of fused-ring (bicyclic) bond motifs is 1. The SMILES string of the molecule is O=C(N[C@H]1COc2ccccc2C1=O)c1cnc(C(F)(F)F)nc1. The largest absolute Gasteiger partial charge is 0.490 e. The van der Waals surface area contributed by atoms with Gasteiger partial charge in [-0.05, 0) is 12.1 Å². The first-order valence-electron chi connectivity index (χ1n) is 6.82. The van der Waals surface area contributed by atoms with Crippen molar-refractivity contribution < 1.29 is 27.5 Å². The van der Waals surface area contributed by atoms with Gasteiger partial charge in [0.25, 0.3) is 5.91 Å². The van der Waals surface area contributed by atoms with E-state index in [4.69, 9.17) is 4.74 Å². The maximum absolute atomic E-state index is 12.4. The number of rotatable bonds is 2. The van der Waals surface area contributed by atoms with E-state index in [0.29, 0.717) is 11.3 Å². The highest BCUT2D eigenvalue weighted by atomic mass is 19.4. The molecule has 2 aromatic rings. The average Bonchev–Trinajstić information content (AvgIpc) is 2.57. The number of halogens is 3. The van der Waals surface area contributed by atoms with Crippen LogP contribution in [-0.2, 0) is 6.18 Å². The van der Waals surface area contributed by atoms with E-state index in [1.807, 2.05) is 0 Å². The normalized spacial score (nSPS) is 17.0. The van der Waals surface area contributed by atoms with Crippen LogP contribution < -0.4 is 10.1 Å². The third-order valence-corrected chi connectivity index (χ3v) is 3.35. The van der Waals surface area contributed by atoms with Gasteiger partial charge in [0.1, 0.15) is 18.4 Å². The van der Waals surface area contributed by atoms with Crippen LogP contribution in [0.25, 0.3) is 0 Å². The molecule has 124 valence electrons. The summed E-state index contributed by atoms with van der Waals surface area (Å²) in [6.45, 7) is -0.0664. The molecule has 1 aromatic carbocycles. The van der Waals surface area contributed by atoms with Gasteiger partial charge in [-0.25, -0.2) is 9.97 Å². The van der Waals surface area contributed by atoms with Crippen LogP contribution in [0, 0.1) is 0 Å². The number of hydrogen-bond donors (Lipinski definition) is 1. The number of hydrogen-bond acceptors (Lipinski definition) is 5. The number of ether oxygens (including phenoxy) is 1. The average molecular weight is 337 g/mol. The molecule has 9 heteroatoms. The summed E-state index contributed by atoms with van der Waals surface area (Å²) in [4.78, 5) is 30.6. The first-order valence-corrected chi connectivity index (χ1v) is 6.82. The molecule has 2 heterocycles. The first-order chi connectivity index (χ1) is 11.4. The van der Waals surface area contributed by atoms with Crippen molar-refractivity contribution in [3.05, 3.63) is 53.6 Å². The summed E-state index contributed by atoms with van der Waals surface area (Å²) < 4.78 is 42.6. The van der Waals surface area contributed by atoms with E-state index in [-0.39, 0.29) is 18.0 Å². The van der Waals surface area contributed by atoms with Gasteiger partial charge >= 0.3 is 6.18 Å². The molecular formula is C15H10F3N3O3. The maximum atomic E-state index is 12.4. The number of nitrogens with one attached hydrogen (secondary N) is 1. The van der Waals surface area contributed by atoms with Crippen LogP contribution in [0.1, 0.15) is 26.5 Å². The van der Waals surface area contributed by atoms with Crippen molar-refractivity contribution in [2.24, 2.45) is 0 Å². The van der Waals surface area contributed by atoms with Crippen molar-refractivity contribution in [3.8, 4) is 5.75 Å². The van der Waals surface area contributed by atoms with E-state index >= 15 is 0 Å². The van der Waals surface area contributed by atoms with Gasteiger partial charge in [-0.3, -0.25) is 9.59 Å². The van der Waals surface area contributed by atoms with Crippen molar-refractivity contribution in [2.75, 3.05) is 6.61 Å². The van der Waals surface area contributed by atoms with E-state index in [1.165, 1.54) is 0 Å². The van der Waals surface area contributed by atoms with Gasteiger partial charge in [0.15, 0.2) is 5.78 Å². The van der Waals surface area contributed by atoms with E-state index in [1.54, 1.807) is 24.3 Å². The lowest BCUT2D eigenvalue weighted by Gasteiger charge is -2.24. The molecule has 1 aliphatic rings. The molecule has 0 radical (unpaired) electrons. The van der Waals surface area contributed by atoms with Crippen LogP contribution in [0.5, 0.6) is 5.75 Å². The predicted octanol–water partition coefficient (Wildman–Crippen LogP) is 1.87. The molecule has 24 heavy (non-hydrogen) atoms. The first kappa shape index (κ1) is 15.9. The number of ketones is 1. The molecule has 0 saturated heterocycles. The van der Waals surface area contributed by atoms with Crippen LogP contribution in [0.3, 0.4) is 0 Å². The number of benzene rings is 1. The van der Waals surface area contributed by atoms with Gasteiger partial charge in [-0.1, -0.05) is 12.1 Å². The Bertz CT molecular complexity index is 791. The molecule has 6 nitrogen and oxygen atoms in total. The minimum atomic E-state index is -4.69. The standard InChI is InChI=1S/C15H10F3N3O3/c16-15(17,18)14-19-5-8(6-20-14)13(23)21-10-7-24-11-4-2-1-3-9(11)12(10)22/h1-6,10H,7H2,(H,21,23)/t10-/m0/s1. The predicted molar refractivity (Wildman–Crippen MR) is 74.6 cm³/mol. The van der Waals surface area contributed by atoms with Gasteiger partial charge in [-0.2, -0.15) is 13.2 Å². The Morgan fingerprint density at radius 2 is 1.88 bits per heavy atom. The Balaban J connectivity index is 1.73. The van der Waals surface area contributed by atoms with E-state index in [9.17, 15) is 22.8 Å². The van der Waals surface area contributed by atoms with E-state index in [0.717, 1.165) is 12.4 Å². The topological polar surface area (TPSA) is 81.2 Å². The van der Waals surface area contributed by atoms with Crippen molar-refractivity contribution >= 4 is 11.7 Å². The van der Waals surface area contributed by atoms with Crippen molar-refractivity contribution in [2.45, 2.75) is 12.2 Å². The Morgan fingerprint density at radius 1 is 1.21 bits per heavy atom. The Labute approximate surface area is 133 Å². The number of carbonyl (C=O) groups is 2. The molecule has 3 rings (SSSR count). The summed E-state index contributed by atoms with van der Waals surface area (Å²) in [5, 5.41) is 2.41. The van der Waals surface area contributed by atoms with Crippen molar-refractivity contribution in [3.63, 3.8) is 0 Å². The molecule has 0 bridgehead atoms. The van der Waals surface area contributed by atoms with Gasteiger partial charge in [0, 0.05) is 12.4 Å². The van der Waals surface area contributed by atoms with Gasteiger partial charge in [0.05, 0.1) is 11.1 Å². The van der Waals surface area contributed by atoms with Crippen LogP contribution >= 0.6 is 0 Å². The summed E-state index contributed by atoms with van der Waals surface area (Å²) in [7, 11) is 0. The Kier molecular flexibility index (Phi) is 3.92. The second-order valence-corrected chi connectivity index (χ2v) is 4.99. The number of nitrogens with zero attached hydrogens (tertiary/aromatic N) is 2. The smallest absolute Gasteiger partial charge is 0.451 e. The van der Waals surface area contributed by atoms with Gasteiger partial charge in [-0.15, -0.1) is 0 Å². The van der Waals surface area contributed by atoms with E-state index < -0.39 is 23.9 Å². The lowest BCUT2D eigenvalue weighted by atomic mass is 10.0. The molecule has 0 fully saturated rings. The molecule has 1 atom stereocenters. The highest BCUT2D eigenvalue weighted by Crippen LogP contribution is 2.26. The molecule has 0 aliphatic carbocycles. The summed E-state index contributed by atoms with van der Waals surface area (Å²) in [6, 6.07) is 5.64. The number of aromatic nitrogens is 2. The zero-order valence-electron chi connectivity index (χ0n) is 12.0. The second-order valence-electron chi connectivity index (χ2n) is 4.99. The highest BCUT2D eigenvalue weighted by Gasteiger charge is 2.35. The van der Waals surface area contributed by atoms with Crippen LogP contribution in [0.15, 0.2) is 36.7 Å². The third kappa shape index (κ3) is 3.05. The number of Topliss-reactive ketones (excluding diaryl/α,β-unsaturated/α-hetero) is 1. The summed E-state index contributed by atoms with van der Waals surface area (Å²) >= 11 is 0. The molecule has 1 aromatic heterocycles. The number of amides is 1. The maximum Gasteiger partial charge on any atom is 0.451 e. The fourth-order valence-electron chi connectivity index (χ4n) is 2.17. The summed E-state index contributed by atoms with van der Waals surface area (Å²) in [5.41, 5.74) is 0.146. The number of para-hydroxylation sites is 1. The third-order valence-electron chi connectivity index (χ3n) is 3.35. The molecule has 1 N–H and O–H groups in total. The second kappa shape index (κ2) is 5.91. The van der Waals surface area contributed by atoms with Gasteiger partial charge < -0.3 is 10.1 Å². The Morgan fingerprint density at radius 3 is 2.54 bits per heavy atom. The van der Waals surface area contributed by atoms with Crippen molar-refractivity contribution in [1.29, 1.82) is 0 Å². The lowest BCUT2D eigenvalue weighted by Crippen LogP contribution is -2.47. The minimum absolute atomic E-state index is 0.0664. The quantitative estimate of drug-likeness (QED) is 0.905. The highest BCUT2D eigenvalue weighted by molar-refractivity contribution is 6.06. The molecular weight excluding hydrogens is 327 g/mol. The zero-order valence-corrected chi connectivity index (χ0v) is 12.0. The fourth-order valence-corrected chi connectivity index (χ4v) is 2.17. The number of carbonyl (C=O) groups excluding carboxylic acids is 2. The lowest BCUT2D eigenvalue weighted by molar-refractivity contribution is -0.145.